The molecule has 0 aliphatic carbocycles. The van der Waals surface area contributed by atoms with Crippen molar-refractivity contribution in [2.45, 2.75) is 26.4 Å². The minimum atomic E-state index is 0.800. The molecule has 0 fully saturated rings. The highest BCUT2D eigenvalue weighted by Gasteiger charge is 1.96. The van der Waals surface area contributed by atoms with Crippen LogP contribution >= 0.6 is 11.5 Å². The van der Waals surface area contributed by atoms with Gasteiger partial charge in [0.05, 0.1) is 11.9 Å². The van der Waals surface area contributed by atoms with Crippen LogP contribution in [0.5, 0.6) is 0 Å². The van der Waals surface area contributed by atoms with Crippen LogP contribution in [-0.2, 0) is 13.1 Å². The monoisotopic (exact) mass is 237 g/mol. The third kappa shape index (κ3) is 3.39. The first-order chi connectivity index (χ1) is 7.84. The average molecular weight is 237 g/mol. The van der Waals surface area contributed by atoms with E-state index in [9.17, 15) is 0 Å². The Hall–Kier alpha value is -1.27. The fourth-order valence-electron chi connectivity index (χ4n) is 1.43. The van der Waals surface area contributed by atoms with Crippen molar-refractivity contribution < 1.29 is 0 Å². The van der Waals surface area contributed by atoms with Crippen LogP contribution in [-0.4, -0.2) is 25.9 Å². The molecule has 0 bridgehead atoms. The summed E-state index contributed by atoms with van der Waals surface area (Å²) in [6, 6.07) is 0. The third-order valence-corrected chi connectivity index (χ3v) is 2.77. The summed E-state index contributed by atoms with van der Waals surface area (Å²) in [7, 11) is 0. The fraction of sp³-hybridized carbons (Fsp3) is 0.500. The molecule has 0 amide bonds. The minimum absolute atomic E-state index is 0.800. The molecular weight excluding hydrogens is 222 g/mol. The summed E-state index contributed by atoms with van der Waals surface area (Å²) in [6.45, 7) is 4.78. The molecule has 86 valence electrons. The number of aromatic nitrogens is 4. The second kappa shape index (κ2) is 5.72. The molecule has 2 rings (SSSR count). The highest BCUT2D eigenvalue weighted by Crippen LogP contribution is 1.97. The van der Waals surface area contributed by atoms with Gasteiger partial charge in [-0.1, -0.05) is 4.49 Å². The second-order valence-electron chi connectivity index (χ2n) is 3.71. The van der Waals surface area contributed by atoms with Crippen LogP contribution in [0, 0.1) is 6.92 Å². The van der Waals surface area contributed by atoms with Crippen molar-refractivity contribution >= 4 is 11.5 Å². The Bertz CT molecular complexity index is 409. The summed E-state index contributed by atoms with van der Waals surface area (Å²) in [6.07, 6.45) is 5.01. The molecule has 5 nitrogen and oxygen atoms in total. The van der Waals surface area contributed by atoms with Gasteiger partial charge >= 0.3 is 0 Å². The molecule has 2 heterocycles. The fourth-order valence-corrected chi connectivity index (χ4v) is 1.88. The van der Waals surface area contributed by atoms with Crippen LogP contribution in [0.2, 0.25) is 0 Å². The maximum absolute atomic E-state index is 4.23. The van der Waals surface area contributed by atoms with Crippen molar-refractivity contribution in [3.63, 3.8) is 0 Å². The standard InChI is InChI=1S/C10H15N5S/c1-9-5-12-15(7-9)4-2-3-11-6-10-8-16-14-13-10/h5,7-8,11H,2-4,6H2,1H3. The zero-order valence-electron chi connectivity index (χ0n) is 9.26. The average Bonchev–Trinajstić information content (AvgIpc) is 2.89. The first-order valence-corrected chi connectivity index (χ1v) is 6.14. The zero-order valence-corrected chi connectivity index (χ0v) is 10.1. The highest BCUT2D eigenvalue weighted by molar-refractivity contribution is 7.03. The Morgan fingerprint density at radius 1 is 1.50 bits per heavy atom. The summed E-state index contributed by atoms with van der Waals surface area (Å²) in [5.41, 5.74) is 2.22. The smallest absolute Gasteiger partial charge is 0.0893 e. The maximum Gasteiger partial charge on any atom is 0.0893 e. The van der Waals surface area contributed by atoms with Crippen LogP contribution in [0.1, 0.15) is 17.7 Å². The molecular formula is C10H15N5S. The molecule has 0 spiro atoms. The van der Waals surface area contributed by atoms with Gasteiger partial charge in [-0.2, -0.15) is 5.10 Å². The first kappa shape index (κ1) is 11.2. The van der Waals surface area contributed by atoms with E-state index in [1.165, 1.54) is 17.1 Å². The van der Waals surface area contributed by atoms with Crippen LogP contribution in [0.4, 0.5) is 0 Å². The summed E-state index contributed by atoms with van der Waals surface area (Å²) >= 11 is 1.39. The lowest BCUT2D eigenvalue weighted by atomic mass is 10.4. The summed E-state index contributed by atoms with van der Waals surface area (Å²) < 4.78 is 5.78. The largest absolute Gasteiger partial charge is 0.311 e. The predicted molar refractivity (Wildman–Crippen MR) is 63.2 cm³/mol. The van der Waals surface area contributed by atoms with Gasteiger partial charge in [-0.3, -0.25) is 4.68 Å². The van der Waals surface area contributed by atoms with E-state index in [1.54, 1.807) is 0 Å². The van der Waals surface area contributed by atoms with Gasteiger partial charge in [-0.25, -0.2) is 0 Å². The van der Waals surface area contributed by atoms with E-state index in [4.69, 9.17) is 0 Å². The molecule has 0 atom stereocenters. The first-order valence-electron chi connectivity index (χ1n) is 5.30. The second-order valence-corrected chi connectivity index (χ2v) is 4.32. The Morgan fingerprint density at radius 2 is 2.44 bits per heavy atom. The van der Waals surface area contributed by atoms with Gasteiger partial charge in [-0.15, -0.1) is 5.10 Å². The molecule has 0 saturated heterocycles. The Morgan fingerprint density at radius 3 is 3.12 bits per heavy atom. The van der Waals surface area contributed by atoms with Crippen LogP contribution in [0.25, 0.3) is 0 Å². The van der Waals surface area contributed by atoms with Gasteiger partial charge in [0, 0.05) is 24.7 Å². The quantitative estimate of drug-likeness (QED) is 0.768. The van der Waals surface area contributed by atoms with Gasteiger partial charge in [0.25, 0.3) is 0 Å². The molecule has 2 aromatic heterocycles. The van der Waals surface area contributed by atoms with E-state index in [0.717, 1.165) is 31.7 Å². The molecule has 6 heteroatoms. The molecule has 0 aliphatic rings. The van der Waals surface area contributed by atoms with Crippen molar-refractivity contribution in [2.75, 3.05) is 6.54 Å². The van der Waals surface area contributed by atoms with Crippen molar-refractivity contribution in [1.82, 2.24) is 24.7 Å². The van der Waals surface area contributed by atoms with Crippen LogP contribution in [0.15, 0.2) is 17.8 Å². The van der Waals surface area contributed by atoms with E-state index >= 15 is 0 Å². The normalized spacial score (nSPS) is 10.8. The summed E-state index contributed by atoms with van der Waals surface area (Å²) in [5, 5.41) is 13.5. The van der Waals surface area contributed by atoms with Crippen molar-refractivity contribution in [2.24, 2.45) is 0 Å². The maximum atomic E-state index is 4.23. The Labute approximate surface area is 98.7 Å². The molecule has 0 radical (unpaired) electrons. The van der Waals surface area contributed by atoms with E-state index in [0.29, 0.717) is 0 Å². The number of rotatable bonds is 6. The topological polar surface area (TPSA) is 55.6 Å². The van der Waals surface area contributed by atoms with Gasteiger partial charge in [-0.05, 0) is 37.0 Å². The molecule has 16 heavy (non-hydrogen) atoms. The molecule has 0 unspecified atom stereocenters. The van der Waals surface area contributed by atoms with Gasteiger partial charge in [0.2, 0.25) is 0 Å². The van der Waals surface area contributed by atoms with Crippen molar-refractivity contribution in [3.8, 4) is 0 Å². The Kier molecular flexibility index (Phi) is 4.01. The van der Waals surface area contributed by atoms with Crippen molar-refractivity contribution in [3.05, 3.63) is 29.0 Å². The lowest BCUT2D eigenvalue weighted by Gasteiger charge is -2.02. The van der Waals surface area contributed by atoms with E-state index in [2.05, 4.69) is 33.1 Å². The lowest BCUT2D eigenvalue weighted by Crippen LogP contribution is -2.16. The van der Waals surface area contributed by atoms with Crippen molar-refractivity contribution in [1.29, 1.82) is 0 Å². The minimum Gasteiger partial charge on any atom is -0.311 e. The predicted octanol–water partition coefficient (Wildman–Crippen LogP) is 1.22. The molecule has 2 aromatic rings. The highest BCUT2D eigenvalue weighted by atomic mass is 32.1. The summed E-state index contributed by atoms with van der Waals surface area (Å²) in [4.78, 5) is 0. The van der Waals surface area contributed by atoms with E-state index < -0.39 is 0 Å². The molecule has 0 saturated carbocycles. The SMILES string of the molecule is Cc1cnn(CCCNCc2csnn2)c1. The number of hydrogen-bond donors (Lipinski definition) is 1. The van der Waals surface area contributed by atoms with E-state index in [-0.39, 0.29) is 0 Å². The van der Waals surface area contributed by atoms with Gasteiger partial charge in [0.15, 0.2) is 0 Å². The summed E-state index contributed by atoms with van der Waals surface area (Å²) in [5.74, 6) is 0. The Balaban J connectivity index is 1.59. The van der Waals surface area contributed by atoms with Crippen LogP contribution in [0.3, 0.4) is 0 Å². The molecule has 1 N–H and O–H groups in total. The number of aryl methyl sites for hydroxylation is 2. The molecule has 0 aromatic carbocycles. The zero-order chi connectivity index (χ0) is 11.2. The van der Waals surface area contributed by atoms with Gasteiger partial charge in [0.1, 0.15) is 0 Å². The number of nitrogens with one attached hydrogen (secondary N) is 1. The lowest BCUT2D eigenvalue weighted by molar-refractivity contribution is 0.541. The van der Waals surface area contributed by atoms with Gasteiger partial charge < -0.3 is 5.32 Å². The van der Waals surface area contributed by atoms with E-state index in [1.807, 2.05) is 16.3 Å². The van der Waals surface area contributed by atoms with Crippen LogP contribution < -0.4 is 5.32 Å². The number of hydrogen-bond acceptors (Lipinski definition) is 5. The third-order valence-electron chi connectivity index (χ3n) is 2.21. The number of nitrogens with zero attached hydrogens (tertiary/aromatic N) is 4. The molecule has 0 aliphatic heterocycles.